The second-order valence-corrected chi connectivity index (χ2v) is 5.71. The van der Waals surface area contributed by atoms with Crippen LogP contribution in [0.2, 0.25) is 0 Å². The van der Waals surface area contributed by atoms with Crippen LogP contribution in [-0.2, 0) is 6.42 Å². The maximum absolute atomic E-state index is 5.51. The quantitative estimate of drug-likeness (QED) is 0.716. The molecule has 0 atom stereocenters. The minimum absolute atomic E-state index is 0.285. The minimum Gasteiger partial charge on any atom is -0.409 e. The van der Waals surface area contributed by atoms with Gasteiger partial charge in [0.15, 0.2) is 0 Å². The van der Waals surface area contributed by atoms with E-state index in [0.717, 1.165) is 28.6 Å². The van der Waals surface area contributed by atoms with Crippen molar-refractivity contribution in [1.82, 2.24) is 15.2 Å². The van der Waals surface area contributed by atoms with Gasteiger partial charge in [-0.15, -0.1) is 5.10 Å². The van der Waals surface area contributed by atoms with Crippen LogP contribution in [0.25, 0.3) is 22.4 Å². The highest BCUT2D eigenvalue weighted by molar-refractivity contribution is 7.71. The lowest BCUT2D eigenvalue weighted by atomic mass is 9.99. The average molecular weight is 299 g/mol. The zero-order chi connectivity index (χ0) is 15.0. The average Bonchev–Trinajstić information content (AvgIpc) is 2.91. The largest absolute Gasteiger partial charge is 0.409 e. The highest BCUT2D eigenvalue weighted by Crippen LogP contribution is 2.31. The molecule has 3 rings (SSSR count). The van der Waals surface area contributed by atoms with Crippen LogP contribution in [0.15, 0.2) is 28.7 Å². The number of hydrogen-bond acceptors (Lipinski definition) is 4. The number of aromatic amines is 1. The predicted molar refractivity (Wildman–Crippen MR) is 85.9 cm³/mol. The van der Waals surface area contributed by atoms with Gasteiger partial charge in [-0.05, 0) is 36.2 Å². The van der Waals surface area contributed by atoms with Crippen LogP contribution < -0.4 is 0 Å². The second-order valence-electron chi connectivity index (χ2n) is 5.33. The molecule has 0 fully saturated rings. The number of fused-ring (bicyclic) bond motifs is 1. The number of para-hydroxylation sites is 1. The van der Waals surface area contributed by atoms with Crippen molar-refractivity contribution in [2.24, 2.45) is 0 Å². The molecule has 0 radical (unpaired) electrons. The first-order valence-corrected chi connectivity index (χ1v) is 7.49. The van der Waals surface area contributed by atoms with Crippen LogP contribution in [0, 0.1) is 4.84 Å². The normalized spacial score (nSPS) is 11.4. The molecule has 2 heterocycles. The van der Waals surface area contributed by atoms with Gasteiger partial charge in [-0.25, -0.2) is 5.10 Å². The molecule has 108 valence electrons. The minimum atomic E-state index is 0.285. The van der Waals surface area contributed by atoms with E-state index in [-0.39, 0.29) is 4.84 Å². The molecular formula is C16H17N3OS. The fourth-order valence-corrected chi connectivity index (χ4v) is 2.56. The Morgan fingerprint density at radius 2 is 2.14 bits per heavy atom. The van der Waals surface area contributed by atoms with E-state index in [4.69, 9.17) is 21.6 Å². The molecule has 5 heteroatoms. The molecule has 1 aromatic carbocycles. The summed E-state index contributed by atoms with van der Waals surface area (Å²) in [5, 5.41) is 7.90. The summed E-state index contributed by atoms with van der Waals surface area (Å²) in [6.45, 7) is 6.40. The second kappa shape index (κ2) is 5.41. The molecule has 0 bridgehead atoms. The summed E-state index contributed by atoms with van der Waals surface area (Å²) < 4.78 is 5.51. The van der Waals surface area contributed by atoms with E-state index in [9.17, 15) is 0 Å². The Bertz CT molecular complexity index is 848. The Morgan fingerprint density at radius 1 is 1.33 bits per heavy atom. The third kappa shape index (κ3) is 2.49. The number of benzene rings is 1. The van der Waals surface area contributed by atoms with Crippen molar-refractivity contribution in [2.75, 3.05) is 0 Å². The molecule has 0 amide bonds. The van der Waals surface area contributed by atoms with E-state index in [0.29, 0.717) is 11.8 Å². The van der Waals surface area contributed by atoms with Crippen LogP contribution >= 0.6 is 12.2 Å². The van der Waals surface area contributed by atoms with Gasteiger partial charge in [0, 0.05) is 16.6 Å². The van der Waals surface area contributed by atoms with Crippen LogP contribution in [0.4, 0.5) is 0 Å². The zero-order valence-electron chi connectivity index (χ0n) is 12.3. The number of rotatable bonds is 3. The number of hydrogen-bond donors (Lipinski definition) is 1. The monoisotopic (exact) mass is 299 g/mol. The number of pyridine rings is 1. The molecule has 2 aromatic heterocycles. The van der Waals surface area contributed by atoms with E-state index >= 15 is 0 Å². The lowest BCUT2D eigenvalue weighted by Crippen LogP contribution is -1.98. The summed E-state index contributed by atoms with van der Waals surface area (Å²) in [5.41, 5.74) is 4.21. The van der Waals surface area contributed by atoms with Gasteiger partial charge in [-0.2, -0.15) is 0 Å². The van der Waals surface area contributed by atoms with E-state index in [1.807, 2.05) is 18.2 Å². The number of nitrogens with zero attached hydrogens (tertiary/aromatic N) is 2. The molecule has 21 heavy (non-hydrogen) atoms. The van der Waals surface area contributed by atoms with Gasteiger partial charge in [0.2, 0.25) is 5.89 Å². The summed E-state index contributed by atoms with van der Waals surface area (Å²) in [6, 6.07) is 8.25. The van der Waals surface area contributed by atoms with Crippen molar-refractivity contribution in [3.05, 3.63) is 40.4 Å². The Kier molecular flexibility index (Phi) is 3.59. The molecule has 0 saturated heterocycles. The Morgan fingerprint density at radius 3 is 2.76 bits per heavy atom. The maximum Gasteiger partial charge on any atom is 0.284 e. The first-order valence-electron chi connectivity index (χ1n) is 7.08. The first-order chi connectivity index (χ1) is 10.1. The summed E-state index contributed by atoms with van der Waals surface area (Å²) in [4.78, 5) is 5.12. The van der Waals surface area contributed by atoms with E-state index < -0.39 is 0 Å². The SMILES string of the molecule is CCc1cccc2c(-c3n[nH]c(=S)o3)cc(C(C)C)nc12. The van der Waals surface area contributed by atoms with Crippen LogP contribution in [0.1, 0.15) is 37.9 Å². The van der Waals surface area contributed by atoms with Gasteiger partial charge in [0.25, 0.3) is 4.84 Å². The fourth-order valence-electron chi connectivity index (χ4n) is 2.43. The third-order valence-corrected chi connectivity index (χ3v) is 3.76. The molecular weight excluding hydrogens is 282 g/mol. The fraction of sp³-hybridized carbons (Fsp3) is 0.312. The number of aryl methyl sites for hydroxylation is 1. The third-order valence-electron chi connectivity index (χ3n) is 3.58. The van der Waals surface area contributed by atoms with Crippen molar-refractivity contribution < 1.29 is 4.42 Å². The standard InChI is InChI=1S/C16H17N3OS/c1-4-10-6-5-7-11-12(15-18-19-16(21)20-15)8-13(9(2)3)17-14(10)11/h5-9H,4H2,1-3H3,(H,19,21). The van der Waals surface area contributed by atoms with Gasteiger partial charge in [0.1, 0.15) is 0 Å². The summed E-state index contributed by atoms with van der Waals surface area (Å²) in [6.07, 6.45) is 0.940. The number of aromatic nitrogens is 3. The summed E-state index contributed by atoms with van der Waals surface area (Å²) in [5.74, 6) is 0.850. The van der Waals surface area contributed by atoms with Gasteiger partial charge in [-0.1, -0.05) is 39.0 Å². The number of nitrogens with one attached hydrogen (secondary N) is 1. The van der Waals surface area contributed by atoms with Gasteiger partial charge in [0.05, 0.1) is 5.52 Å². The molecule has 0 aliphatic rings. The Labute approximate surface area is 128 Å². The Balaban J connectivity index is 2.38. The molecule has 0 unspecified atom stereocenters. The smallest absolute Gasteiger partial charge is 0.284 e. The van der Waals surface area contributed by atoms with Gasteiger partial charge >= 0.3 is 0 Å². The molecule has 3 aromatic rings. The molecule has 0 aliphatic heterocycles. The van der Waals surface area contributed by atoms with Crippen molar-refractivity contribution in [1.29, 1.82) is 0 Å². The highest BCUT2D eigenvalue weighted by Gasteiger charge is 2.15. The van der Waals surface area contributed by atoms with Crippen molar-refractivity contribution in [2.45, 2.75) is 33.1 Å². The summed E-state index contributed by atoms with van der Waals surface area (Å²) in [7, 11) is 0. The van der Waals surface area contributed by atoms with E-state index in [2.05, 4.69) is 37.0 Å². The first kappa shape index (κ1) is 13.9. The molecule has 4 nitrogen and oxygen atoms in total. The van der Waals surface area contributed by atoms with Crippen molar-refractivity contribution in [3.8, 4) is 11.5 Å². The van der Waals surface area contributed by atoms with Crippen LogP contribution in [-0.4, -0.2) is 15.2 Å². The Hall–Kier alpha value is -2.01. The topological polar surface area (TPSA) is 54.7 Å². The van der Waals surface area contributed by atoms with Gasteiger partial charge < -0.3 is 4.42 Å². The highest BCUT2D eigenvalue weighted by atomic mass is 32.1. The predicted octanol–water partition coefficient (Wildman–Crippen LogP) is 4.63. The number of H-pyrrole nitrogens is 1. The molecule has 0 aliphatic carbocycles. The van der Waals surface area contributed by atoms with Crippen molar-refractivity contribution >= 4 is 23.1 Å². The summed E-state index contributed by atoms with van der Waals surface area (Å²) >= 11 is 4.99. The van der Waals surface area contributed by atoms with Crippen LogP contribution in [0.5, 0.6) is 0 Å². The molecule has 0 saturated carbocycles. The van der Waals surface area contributed by atoms with E-state index in [1.165, 1.54) is 5.56 Å². The molecule has 1 N–H and O–H groups in total. The molecule has 0 spiro atoms. The lowest BCUT2D eigenvalue weighted by molar-refractivity contribution is 0.552. The maximum atomic E-state index is 5.51. The zero-order valence-corrected chi connectivity index (χ0v) is 13.1. The van der Waals surface area contributed by atoms with E-state index in [1.54, 1.807) is 0 Å². The lowest BCUT2D eigenvalue weighted by Gasteiger charge is -2.12. The van der Waals surface area contributed by atoms with Crippen LogP contribution in [0.3, 0.4) is 0 Å². The van der Waals surface area contributed by atoms with Gasteiger partial charge in [-0.3, -0.25) is 4.98 Å². The van der Waals surface area contributed by atoms with Crippen molar-refractivity contribution in [3.63, 3.8) is 0 Å².